The number of carboxylic acid groups (broad SMARTS) is 1. The maximum absolute atomic E-state index is 11.1. The van der Waals surface area contributed by atoms with Gasteiger partial charge in [-0.15, -0.1) is 10.2 Å². The second-order valence-corrected chi connectivity index (χ2v) is 6.24. The number of rotatable bonds is 7. The van der Waals surface area contributed by atoms with E-state index in [2.05, 4.69) is 10.2 Å². The van der Waals surface area contributed by atoms with Crippen molar-refractivity contribution in [3.63, 3.8) is 0 Å². The summed E-state index contributed by atoms with van der Waals surface area (Å²) < 4.78 is 11.2. The number of aliphatic carboxylic acids is 1. The van der Waals surface area contributed by atoms with Crippen LogP contribution in [0.1, 0.15) is 64.2 Å². The zero-order chi connectivity index (χ0) is 15.5. The summed E-state index contributed by atoms with van der Waals surface area (Å²) in [6.07, 6.45) is 5.39. The molecule has 0 bridgehead atoms. The summed E-state index contributed by atoms with van der Waals surface area (Å²) in [7, 11) is 1.62. The summed E-state index contributed by atoms with van der Waals surface area (Å²) in [5, 5.41) is 17.3. The molecular formula is C15H24N2O4. The largest absolute Gasteiger partial charge is 0.481 e. The highest BCUT2D eigenvalue weighted by atomic mass is 16.5. The lowest BCUT2D eigenvalue weighted by atomic mass is 9.79. The van der Waals surface area contributed by atoms with Gasteiger partial charge in [0.25, 0.3) is 0 Å². The fourth-order valence-corrected chi connectivity index (χ4v) is 3.10. The van der Waals surface area contributed by atoms with Crippen molar-refractivity contribution in [3.8, 4) is 0 Å². The van der Waals surface area contributed by atoms with Crippen molar-refractivity contribution in [1.82, 2.24) is 10.2 Å². The van der Waals surface area contributed by atoms with Gasteiger partial charge >= 0.3 is 5.97 Å². The Morgan fingerprint density at radius 2 is 2.10 bits per heavy atom. The molecule has 1 fully saturated rings. The SMILES string of the molecule is CCC(C)(OC)c1nnc(CC2(CC(=O)O)CCCC2)o1. The van der Waals surface area contributed by atoms with Gasteiger partial charge in [-0.05, 0) is 31.6 Å². The predicted octanol–water partition coefficient (Wildman–Crippen LogP) is 2.92. The summed E-state index contributed by atoms with van der Waals surface area (Å²) in [5.74, 6) is 0.225. The van der Waals surface area contributed by atoms with Gasteiger partial charge in [-0.2, -0.15) is 0 Å². The van der Waals surface area contributed by atoms with Crippen LogP contribution in [-0.4, -0.2) is 28.4 Å². The van der Waals surface area contributed by atoms with Crippen molar-refractivity contribution in [3.05, 3.63) is 11.8 Å². The third kappa shape index (κ3) is 3.43. The van der Waals surface area contributed by atoms with Crippen LogP contribution < -0.4 is 0 Å². The Labute approximate surface area is 124 Å². The quantitative estimate of drug-likeness (QED) is 0.832. The molecule has 1 aromatic rings. The van der Waals surface area contributed by atoms with Crippen LogP contribution in [0.5, 0.6) is 0 Å². The molecule has 21 heavy (non-hydrogen) atoms. The molecule has 1 unspecified atom stereocenters. The number of aromatic nitrogens is 2. The van der Waals surface area contributed by atoms with E-state index in [0.29, 0.717) is 18.2 Å². The zero-order valence-corrected chi connectivity index (χ0v) is 13.0. The fraction of sp³-hybridized carbons (Fsp3) is 0.800. The van der Waals surface area contributed by atoms with Gasteiger partial charge in [-0.25, -0.2) is 0 Å². The Balaban J connectivity index is 2.16. The van der Waals surface area contributed by atoms with E-state index in [9.17, 15) is 4.79 Å². The summed E-state index contributed by atoms with van der Waals surface area (Å²) in [5.41, 5.74) is -0.813. The molecule has 0 saturated heterocycles. The molecule has 2 rings (SSSR count). The van der Waals surface area contributed by atoms with E-state index in [4.69, 9.17) is 14.3 Å². The Kier molecular flexibility index (Phi) is 4.66. The molecule has 0 aliphatic heterocycles. The number of carboxylic acids is 1. The van der Waals surface area contributed by atoms with Crippen LogP contribution in [0, 0.1) is 5.41 Å². The van der Waals surface area contributed by atoms with Crippen molar-refractivity contribution < 1.29 is 19.1 Å². The molecule has 6 heteroatoms. The zero-order valence-electron chi connectivity index (χ0n) is 13.0. The van der Waals surface area contributed by atoms with Gasteiger partial charge < -0.3 is 14.3 Å². The maximum Gasteiger partial charge on any atom is 0.303 e. The lowest BCUT2D eigenvalue weighted by Crippen LogP contribution is -2.24. The van der Waals surface area contributed by atoms with Gasteiger partial charge in [0.15, 0.2) is 0 Å². The van der Waals surface area contributed by atoms with Crippen LogP contribution in [0.15, 0.2) is 4.42 Å². The van der Waals surface area contributed by atoms with Gasteiger partial charge in [-0.1, -0.05) is 19.8 Å². The number of methoxy groups -OCH3 is 1. The third-order valence-corrected chi connectivity index (χ3v) is 4.76. The Bertz CT molecular complexity index is 488. The molecule has 1 heterocycles. The van der Waals surface area contributed by atoms with Crippen LogP contribution >= 0.6 is 0 Å². The van der Waals surface area contributed by atoms with E-state index in [-0.39, 0.29) is 11.8 Å². The average Bonchev–Trinajstić information content (AvgIpc) is 3.08. The standard InChI is InChI=1S/C15H24N2O4/c1-4-14(2,20-3)13-17-16-11(21-13)9-15(10-12(18)19)7-5-6-8-15/h4-10H2,1-3H3,(H,18,19). The van der Waals surface area contributed by atoms with E-state index in [1.54, 1.807) is 7.11 Å². The maximum atomic E-state index is 11.1. The molecule has 6 nitrogen and oxygen atoms in total. The molecule has 1 N–H and O–H groups in total. The Morgan fingerprint density at radius 1 is 1.43 bits per heavy atom. The molecule has 1 aromatic heterocycles. The monoisotopic (exact) mass is 296 g/mol. The van der Waals surface area contributed by atoms with Crippen molar-refractivity contribution in [2.24, 2.45) is 5.41 Å². The molecule has 0 spiro atoms. The average molecular weight is 296 g/mol. The minimum atomic E-state index is -0.757. The fourth-order valence-electron chi connectivity index (χ4n) is 3.10. The van der Waals surface area contributed by atoms with E-state index < -0.39 is 11.6 Å². The van der Waals surface area contributed by atoms with Crippen molar-refractivity contribution >= 4 is 5.97 Å². The molecular weight excluding hydrogens is 272 g/mol. The second kappa shape index (κ2) is 6.13. The van der Waals surface area contributed by atoms with E-state index in [0.717, 1.165) is 32.1 Å². The minimum Gasteiger partial charge on any atom is -0.481 e. The topological polar surface area (TPSA) is 85.5 Å². The summed E-state index contributed by atoms with van der Waals surface area (Å²) in [4.78, 5) is 11.1. The smallest absolute Gasteiger partial charge is 0.303 e. The summed E-state index contributed by atoms with van der Waals surface area (Å²) in [6, 6.07) is 0. The van der Waals surface area contributed by atoms with Crippen molar-refractivity contribution in [2.45, 2.75) is 64.4 Å². The molecule has 1 aliphatic carbocycles. The van der Waals surface area contributed by atoms with Gasteiger partial charge in [0.1, 0.15) is 5.60 Å². The summed E-state index contributed by atoms with van der Waals surface area (Å²) in [6.45, 7) is 3.91. The first-order valence-electron chi connectivity index (χ1n) is 7.53. The van der Waals surface area contributed by atoms with Gasteiger partial charge in [0, 0.05) is 13.5 Å². The van der Waals surface area contributed by atoms with Crippen LogP contribution in [-0.2, 0) is 21.6 Å². The number of ether oxygens (including phenoxy) is 1. The number of hydrogen-bond acceptors (Lipinski definition) is 5. The molecule has 0 radical (unpaired) electrons. The van der Waals surface area contributed by atoms with E-state index >= 15 is 0 Å². The molecule has 0 aromatic carbocycles. The van der Waals surface area contributed by atoms with Crippen molar-refractivity contribution in [2.75, 3.05) is 7.11 Å². The van der Waals surface area contributed by atoms with Gasteiger partial charge in [0.05, 0.1) is 6.42 Å². The molecule has 1 atom stereocenters. The molecule has 1 saturated carbocycles. The third-order valence-electron chi connectivity index (χ3n) is 4.76. The van der Waals surface area contributed by atoms with E-state index in [1.807, 2.05) is 13.8 Å². The summed E-state index contributed by atoms with van der Waals surface area (Å²) >= 11 is 0. The van der Waals surface area contributed by atoms with Crippen LogP contribution in [0.4, 0.5) is 0 Å². The Hall–Kier alpha value is -1.43. The van der Waals surface area contributed by atoms with Crippen LogP contribution in [0.2, 0.25) is 0 Å². The highest BCUT2D eigenvalue weighted by molar-refractivity contribution is 5.67. The van der Waals surface area contributed by atoms with Crippen molar-refractivity contribution in [1.29, 1.82) is 0 Å². The van der Waals surface area contributed by atoms with E-state index in [1.165, 1.54) is 0 Å². The van der Waals surface area contributed by atoms with Crippen LogP contribution in [0.25, 0.3) is 0 Å². The predicted molar refractivity (Wildman–Crippen MR) is 75.8 cm³/mol. The number of hydrogen-bond donors (Lipinski definition) is 1. The first-order valence-corrected chi connectivity index (χ1v) is 7.53. The molecule has 118 valence electrons. The minimum absolute atomic E-state index is 0.167. The molecule has 0 amide bonds. The Morgan fingerprint density at radius 3 is 2.62 bits per heavy atom. The number of carbonyl (C=O) groups is 1. The van der Waals surface area contributed by atoms with Gasteiger partial charge in [0.2, 0.25) is 11.8 Å². The lowest BCUT2D eigenvalue weighted by Gasteiger charge is -2.25. The lowest BCUT2D eigenvalue weighted by molar-refractivity contribution is -0.139. The first-order chi connectivity index (χ1) is 9.93. The normalized spacial score (nSPS) is 20.3. The molecule has 1 aliphatic rings. The second-order valence-electron chi connectivity index (χ2n) is 6.24. The van der Waals surface area contributed by atoms with Gasteiger partial charge in [-0.3, -0.25) is 4.79 Å². The van der Waals surface area contributed by atoms with Crippen LogP contribution in [0.3, 0.4) is 0 Å². The number of nitrogens with zero attached hydrogens (tertiary/aromatic N) is 2. The first kappa shape index (κ1) is 15.9. The highest BCUT2D eigenvalue weighted by Crippen LogP contribution is 2.44. The highest BCUT2D eigenvalue weighted by Gasteiger charge is 2.39.